The van der Waals surface area contributed by atoms with Gasteiger partial charge >= 0.3 is 0 Å². The minimum absolute atomic E-state index is 0.647. The van der Waals surface area contributed by atoms with E-state index in [2.05, 4.69) is 18.1 Å². The predicted octanol–water partition coefficient (Wildman–Crippen LogP) is 3.26. The van der Waals surface area contributed by atoms with Crippen LogP contribution in [0, 0.1) is 11.3 Å². The van der Waals surface area contributed by atoms with Crippen molar-refractivity contribution in [2.75, 3.05) is 7.11 Å². The van der Waals surface area contributed by atoms with Gasteiger partial charge in [-0.05, 0) is 32.1 Å². The van der Waals surface area contributed by atoms with Gasteiger partial charge in [0.1, 0.15) is 7.11 Å². The first-order valence-corrected chi connectivity index (χ1v) is 5.31. The summed E-state index contributed by atoms with van der Waals surface area (Å²) in [5.74, 6) is 0. The molecule has 0 saturated carbocycles. The fraction of sp³-hybridized carbons (Fsp3) is 0.818. The average Bonchev–Trinajstić information content (AvgIpc) is 2.20. The zero-order chi connectivity index (χ0) is 10.6. The molecular weight excluding hydrogens is 176 g/mol. The summed E-state index contributed by atoms with van der Waals surface area (Å²) in [4.78, 5) is 4.78. The lowest BCUT2D eigenvalue weighted by atomic mass is 10.1. The second kappa shape index (κ2) is 10.0. The Kier molecular flexibility index (Phi) is 9.30. The molecule has 3 heteroatoms. The molecule has 0 rings (SSSR count). The number of nitrogens with zero attached hydrogens (tertiary/aromatic N) is 2. The van der Waals surface area contributed by atoms with E-state index in [1.807, 2.05) is 0 Å². The van der Waals surface area contributed by atoms with E-state index in [9.17, 15) is 0 Å². The summed E-state index contributed by atoms with van der Waals surface area (Å²) in [6, 6.07) is 2.15. The van der Waals surface area contributed by atoms with Gasteiger partial charge in [-0.2, -0.15) is 5.26 Å². The summed E-state index contributed by atoms with van der Waals surface area (Å²) < 4.78 is 0. The summed E-state index contributed by atoms with van der Waals surface area (Å²) in [6.45, 7) is 2.17. The van der Waals surface area contributed by atoms with E-state index < -0.39 is 0 Å². The number of unbranched alkanes of at least 4 members (excludes halogenated alkanes) is 3. The average molecular weight is 196 g/mol. The zero-order valence-corrected chi connectivity index (χ0v) is 9.25. The highest BCUT2D eigenvalue weighted by atomic mass is 16.6. The van der Waals surface area contributed by atoms with Gasteiger partial charge in [0.05, 0.1) is 11.8 Å². The van der Waals surface area contributed by atoms with Crippen LogP contribution < -0.4 is 0 Å². The van der Waals surface area contributed by atoms with E-state index in [4.69, 9.17) is 10.1 Å². The summed E-state index contributed by atoms with van der Waals surface area (Å²) in [5.41, 5.74) is 1.13. The normalized spacial score (nSPS) is 11.1. The molecule has 80 valence electrons. The second-order valence-electron chi connectivity index (χ2n) is 3.31. The van der Waals surface area contributed by atoms with Gasteiger partial charge in [-0.3, -0.25) is 0 Å². The quantitative estimate of drug-likeness (QED) is 0.340. The van der Waals surface area contributed by atoms with Gasteiger partial charge < -0.3 is 4.84 Å². The van der Waals surface area contributed by atoms with Crippen LogP contribution in [0.5, 0.6) is 0 Å². The van der Waals surface area contributed by atoms with Gasteiger partial charge in [-0.1, -0.05) is 18.5 Å². The Hall–Kier alpha value is -1.04. The SMILES string of the molecule is CCCC/C(CCCCC#N)=N\OC. The maximum atomic E-state index is 8.37. The molecule has 0 spiro atoms. The standard InChI is InChI=1S/C11H20N2O/c1-3-4-8-11(13-14-2)9-6-5-7-10-12/h3-9H2,1-2H3/b13-11+. The van der Waals surface area contributed by atoms with Crippen LogP contribution in [-0.2, 0) is 4.84 Å². The molecule has 0 aromatic carbocycles. The first-order valence-electron chi connectivity index (χ1n) is 5.31. The molecule has 0 aromatic rings. The molecule has 0 aliphatic heterocycles. The lowest BCUT2D eigenvalue weighted by Crippen LogP contribution is -1.99. The highest BCUT2D eigenvalue weighted by Gasteiger charge is 1.99. The van der Waals surface area contributed by atoms with Crippen LogP contribution in [0.1, 0.15) is 51.9 Å². The molecule has 0 heterocycles. The van der Waals surface area contributed by atoms with Crippen LogP contribution in [-0.4, -0.2) is 12.8 Å². The molecule has 3 nitrogen and oxygen atoms in total. The molecule has 0 bridgehead atoms. The van der Waals surface area contributed by atoms with E-state index in [-0.39, 0.29) is 0 Å². The lowest BCUT2D eigenvalue weighted by molar-refractivity contribution is 0.211. The Bertz CT molecular complexity index is 194. The van der Waals surface area contributed by atoms with Gasteiger partial charge in [0.2, 0.25) is 0 Å². The van der Waals surface area contributed by atoms with Gasteiger partial charge in [-0.25, -0.2) is 0 Å². The monoisotopic (exact) mass is 196 g/mol. The topological polar surface area (TPSA) is 45.4 Å². The molecule has 0 saturated heterocycles. The first kappa shape index (κ1) is 13.0. The molecule has 0 unspecified atom stereocenters. The summed E-state index contributed by atoms with van der Waals surface area (Å²) >= 11 is 0. The summed E-state index contributed by atoms with van der Waals surface area (Å²) in [5, 5.41) is 12.4. The van der Waals surface area contributed by atoms with Crippen LogP contribution in [0.4, 0.5) is 0 Å². The largest absolute Gasteiger partial charge is 0.399 e. The van der Waals surface area contributed by atoms with Gasteiger partial charge in [0.25, 0.3) is 0 Å². The van der Waals surface area contributed by atoms with Crippen LogP contribution >= 0.6 is 0 Å². The molecule has 0 N–H and O–H groups in total. The van der Waals surface area contributed by atoms with Crippen molar-refractivity contribution in [3.63, 3.8) is 0 Å². The van der Waals surface area contributed by atoms with Crippen molar-refractivity contribution in [2.24, 2.45) is 5.16 Å². The molecule has 14 heavy (non-hydrogen) atoms. The number of hydrogen-bond acceptors (Lipinski definition) is 3. The maximum absolute atomic E-state index is 8.37. The number of rotatable bonds is 8. The van der Waals surface area contributed by atoms with Crippen molar-refractivity contribution < 1.29 is 4.84 Å². The van der Waals surface area contributed by atoms with Crippen molar-refractivity contribution in [1.29, 1.82) is 5.26 Å². The van der Waals surface area contributed by atoms with Crippen molar-refractivity contribution in [1.82, 2.24) is 0 Å². The van der Waals surface area contributed by atoms with Crippen LogP contribution in [0.15, 0.2) is 5.16 Å². The third-order valence-electron chi connectivity index (χ3n) is 2.04. The molecule has 0 atom stereocenters. The predicted molar refractivity (Wildman–Crippen MR) is 58.1 cm³/mol. The maximum Gasteiger partial charge on any atom is 0.106 e. The van der Waals surface area contributed by atoms with Crippen LogP contribution in [0.2, 0.25) is 0 Å². The van der Waals surface area contributed by atoms with Crippen LogP contribution in [0.25, 0.3) is 0 Å². The van der Waals surface area contributed by atoms with Gasteiger partial charge in [0, 0.05) is 6.42 Å². The van der Waals surface area contributed by atoms with E-state index in [0.29, 0.717) is 6.42 Å². The Balaban J connectivity index is 3.63. The highest BCUT2D eigenvalue weighted by molar-refractivity contribution is 5.83. The molecule has 0 aliphatic carbocycles. The number of oxime groups is 1. The Morgan fingerprint density at radius 3 is 2.57 bits per heavy atom. The zero-order valence-electron chi connectivity index (χ0n) is 9.25. The fourth-order valence-electron chi connectivity index (χ4n) is 1.26. The van der Waals surface area contributed by atoms with Crippen molar-refractivity contribution in [3.05, 3.63) is 0 Å². The molecule has 0 radical (unpaired) electrons. The van der Waals surface area contributed by atoms with Crippen molar-refractivity contribution in [3.8, 4) is 6.07 Å². The molecule has 0 aromatic heterocycles. The Morgan fingerprint density at radius 1 is 1.29 bits per heavy atom. The van der Waals surface area contributed by atoms with Crippen molar-refractivity contribution >= 4 is 5.71 Å². The Labute approximate surface area is 86.7 Å². The second-order valence-corrected chi connectivity index (χ2v) is 3.31. The molecule has 0 amide bonds. The number of hydrogen-bond donors (Lipinski definition) is 0. The first-order chi connectivity index (χ1) is 6.85. The van der Waals surface area contributed by atoms with Gasteiger partial charge in [0.15, 0.2) is 0 Å². The Morgan fingerprint density at radius 2 is 2.00 bits per heavy atom. The van der Waals surface area contributed by atoms with E-state index in [1.54, 1.807) is 7.11 Å². The van der Waals surface area contributed by atoms with Gasteiger partial charge in [-0.15, -0.1) is 0 Å². The van der Waals surface area contributed by atoms with E-state index in [1.165, 1.54) is 12.8 Å². The summed E-state index contributed by atoms with van der Waals surface area (Å²) in [7, 11) is 1.58. The smallest absolute Gasteiger partial charge is 0.106 e. The fourth-order valence-corrected chi connectivity index (χ4v) is 1.26. The minimum atomic E-state index is 0.647. The molecule has 0 fully saturated rings. The van der Waals surface area contributed by atoms with Crippen LogP contribution in [0.3, 0.4) is 0 Å². The van der Waals surface area contributed by atoms with E-state index in [0.717, 1.165) is 31.4 Å². The molecular formula is C11H20N2O. The third kappa shape index (κ3) is 7.60. The molecule has 0 aliphatic rings. The van der Waals surface area contributed by atoms with E-state index >= 15 is 0 Å². The summed E-state index contributed by atoms with van der Waals surface area (Å²) in [6.07, 6.45) is 6.99. The lowest BCUT2D eigenvalue weighted by Gasteiger charge is -2.03. The third-order valence-corrected chi connectivity index (χ3v) is 2.04. The highest BCUT2D eigenvalue weighted by Crippen LogP contribution is 2.07. The van der Waals surface area contributed by atoms with Crippen molar-refractivity contribution in [2.45, 2.75) is 51.9 Å². The number of nitriles is 1. The minimum Gasteiger partial charge on any atom is -0.399 e.